The third-order valence-corrected chi connectivity index (χ3v) is 3.80. The number of nitrogens with two attached hydrogens (primary N) is 1. The van der Waals surface area contributed by atoms with E-state index >= 15 is 0 Å². The van der Waals surface area contributed by atoms with Crippen LogP contribution in [0.5, 0.6) is 0 Å². The van der Waals surface area contributed by atoms with E-state index in [-0.39, 0.29) is 18.0 Å². The van der Waals surface area contributed by atoms with Crippen LogP contribution in [0.3, 0.4) is 0 Å². The lowest BCUT2D eigenvalue weighted by molar-refractivity contribution is -0.131. The van der Waals surface area contributed by atoms with E-state index in [1.165, 1.54) is 0 Å². The summed E-state index contributed by atoms with van der Waals surface area (Å²) in [6.45, 7) is 2.76. The van der Waals surface area contributed by atoms with Crippen molar-refractivity contribution < 1.29 is 4.79 Å². The first kappa shape index (κ1) is 12.4. The Bertz CT molecular complexity index is 422. The Labute approximate surface area is 107 Å². The highest BCUT2D eigenvalue weighted by Crippen LogP contribution is 2.20. The number of likely N-dealkylation sites (tertiary alicyclic amines) is 1. The number of hydrogen-bond acceptors (Lipinski definition) is 2. The maximum Gasteiger partial charge on any atom is 0.227 e. The molecule has 0 aliphatic carbocycles. The fourth-order valence-corrected chi connectivity index (χ4v) is 2.42. The van der Waals surface area contributed by atoms with Crippen molar-refractivity contribution in [2.24, 2.45) is 5.73 Å². The number of nitrogens with zero attached hydrogens (tertiary/aromatic N) is 1. The fourth-order valence-electron chi connectivity index (χ4n) is 2.22. The average molecular weight is 253 g/mol. The first-order valence-corrected chi connectivity index (χ1v) is 6.26. The van der Waals surface area contributed by atoms with Gasteiger partial charge >= 0.3 is 0 Å². The van der Waals surface area contributed by atoms with Crippen molar-refractivity contribution in [3.05, 3.63) is 34.9 Å². The van der Waals surface area contributed by atoms with Crippen LogP contribution in [0.4, 0.5) is 0 Å². The zero-order valence-corrected chi connectivity index (χ0v) is 10.7. The molecule has 2 N–H and O–H groups in total. The van der Waals surface area contributed by atoms with Gasteiger partial charge in [0, 0.05) is 23.7 Å². The summed E-state index contributed by atoms with van der Waals surface area (Å²) in [6.07, 6.45) is 1.24. The lowest BCUT2D eigenvalue weighted by atomic mass is 10.1. The summed E-state index contributed by atoms with van der Waals surface area (Å²) >= 11 is 6.04. The third kappa shape index (κ3) is 2.61. The van der Waals surface area contributed by atoms with E-state index in [2.05, 4.69) is 0 Å². The number of amides is 1. The minimum Gasteiger partial charge on any atom is -0.338 e. The van der Waals surface area contributed by atoms with Crippen LogP contribution in [-0.2, 0) is 11.2 Å². The summed E-state index contributed by atoms with van der Waals surface area (Å²) in [5, 5.41) is 0.650. The van der Waals surface area contributed by atoms with Crippen LogP contribution < -0.4 is 5.73 Å². The van der Waals surface area contributed by atoms with Gasteiger partial charge in [-0.15, -0.1) is 0 Å². The first-order chi connectivity index (χ1) is 8.09. The molecular formula is C13H17ClN2O. The monoisotopic (exact) mass is 252 g/mol. The number of carbonyl (C=O) groups is 1. The summed E-state index contributed by atoms with van der Waals surface area (Å²) in [5.74, 6) is 0.110. The van der Waals surface area contributed by atoms with Crippen molar-refractivity contribution in [1.82, 2.24) is 4.90 Å². The molecule has 92 valence electrons. The van der Waals surface area contributed by atoms with Gasteiger partial charge in [0.05, 0.1) is 6.42 Å². The Morgan fingerprint density at radius 3 is 2.82 bits per heavy atom. The van der Waals surface area contributed by atoms with E-state index in [1.54, 1.807) is 0 Å². The zero-order valence-electron chi connectivity index (χ0n) is 9.90. The zero-order chi connectivity index (χ0) is 12.4. The second kappa shape index (κ2) is 5.07. The maximum absolute atomic E-state index is 12.1. The van der Waals surface area contributed by atoms with Gasteiger partial charge in [0.1, 0.15) is 0 Å². The first-order valence-electron chi connectivity index (χ1n) is 5.88. The highest BCUT2D eigenvalue weighted by molar-refractivity contribution is 6.31. The van der Waals surface area contributed by atoms with Crippen molar-refractivity contribution >= 4 is 17.5 Å². The Hall–Kier alpha value is -1.06. The van der Waals surface area contributed by atoms with Gasteiger partial charge in [-0.05, 0) is 25.0 Å². The molecule has 1 amide bonds. The molecule has 2 atom stereocenters. The predicted octanol–water partition coefficient (Wildman–Crippen LogP) is 1.83. The molecule has 0 saturated carbocycles. The molecule has 1 aromatic rings. The molecular weight excluding hydrogens is 236 g/mol. The number of hydrogen-bond donors (Lipinski definition) is 1. The summed E-state index contributed by atoms with van der Waals surface area (Å²) in [5.41, 5.74) is 6.79. The second-order valence-electron chi connectivity index (χ2n) is 4.55. The largest absolute Gasteiger partial charge is 0.338 e. The standard InChI is InChI=1S/C13H17ClN2O/c1-9-12(15)6-7-16(9)13(17)8-10-4-2-3-5-11(10)14/h2-5,9,12H,6-8,15H2,1H3. The van der Waals surface area contributed by atoms with Crippen molar-refractivity contribution in [2.75, 3.05) is 6.54 Å². The van der Waals surface area contributed by atoms with Crippen LogP contribution in [-0.4, -0.2) is 29.4 Å². The van der Waals surface area contributed by atoms with Gasteiger partial charge in [-0.1, -0.05) is 29.8 Å². The minimum absolute atomic E-state index is 0.102. The second-order valence-corrected chi connectivity index (χ2v) is 4.96. The molecule has 0 aromatic heterocycles. The highest BCUT2D eigenvalue weighted by Gasteiger charge is 2.31. The van der Waals surface area contributed by atoms with E-state index in [4.69, 9.17) is 17.3 Å². The fraction of sp³-hybridized carbons (Fsp3) is 0.462. The van der Waals surface area contributed by atoms with Crippen molar-refractivity contribution in [3.8, 4) is 0 Å². The number of rotatable bonds is 2. The number of halogens is 1. The third-order valence-electron chi connectivity index (χ3n) is 3.43. The van der Waals surface area contributed by atoms with E-state index < -0.39 is 0 Å². The Morgan fingerprint density at radius 2 is 2.24 bits per heavy atom. The Balaban J connectivity index is 2.05. The Kier molecular flexibility index (Phi) is 3.69. The van der Waals surface area contributed by atoms with Gasteiger partial charge in [0.15, 0.2) is 0 Å². The summed E-state index contributed by atoms with van der Waals surface area (Å²) in [7, 11) is 0. The topological polar surface area (TPSA) is 46.3 Å². The molecule has 1 saturated heterocycles. The molecule has 0 spiro atoms. The predicted molar refractivity (Wildman–Crippen MR) is 68.9 cm³/mol. The van der Waals surface area contributed by atoms with Crippen LogP contribution in [0.25, 0.3) is 0 Å². The van der Waals surface area contributed by atoms with Crippen LogP contribution >= 0.6 is 11.6 Å². The van der Waals surface area contributed by atoms with Crippen molar-refractivity contribution in [3.63, 3.8) is 0 Å². The molecule has 17 heavy (non-hydrogen) atoms. The molecule has 4 heteroatoms. The molecule has 1 aliphatic rings. The molecule has 1 aromatic carbocycles. The normalized spacial score (nSPS) is 24.1. The molecule has 0 bridgehead atoms. The van der Waals surface area contributed by atoms with Gasteiger partial charge in [-0.25, -0.2) is 0 Å². The summed E-state index contributed by atoms with van der Waals surface area (Å²) < 4.78 is 0. The van der Waals surface area contributed by atoms with Crippen molar-refractivity contribution in [1.29, 1.82) is 0 Å². The van der Waals surface area contributed by atoms with Crippen molar-refractivity contribution in [2.45, 2.75) is 31.8 Å². The minimum atomic E-state index is 0.102. The Morgan fingerprint density at radius 1 is 1.53 bits per heavy atom. The van der Waals surface area contributed by atoms with E-state index in [1.807, 2.05) is 36.1 Å². The molecule has 0 radical (unpaired) electrons. The average Bonchev–Trinajstić information content (AvgIpc) is 2.63. The smallest absolute Gasteiger partial charge is 0.227 e. The van der Waals surface area contributed by atoms with Gasteiger partial charge in [-0.2, -0.15) is 0 Å². The van der Waals surface area contributed by atoms with E-state index in [0.717, 1.165) is 18.5 Å². The van der Waals surface area contributed by atoms with Crippen LogP contribution in [0.2, 0.25) is 5.02 Å². The lowest BCUT2D eigenvalue weighted by Gasteiger charge is -2.23. The maximum atomic E-state index is 12.1. The summed E-state index contributed by atoms with van der Waals surface area (Å²) in [6, 6.07) is 7.69. The van der Waals surface area contributed by atoms with Gasteiger partial charge < -0.3 is 10.6 Å². The van der Waals surface area contributed by atoms with Crippen LogP contribution in [0.1, 0.15) is 18.9 Å². The van der Waals surface area contributed by atoms with Crippen LogP contribution in [0, 0.1) is 0 Å². The van der Waals surface area contributed by atoms with Gasteiger partial charge in [0.25, 0.3) is 0 Å². The van der Waals surface area contributed by atoms with Gasteiger partial charge in [0.2, 0.25) is 5.91 Å². The lowest BCUT2D eigenvalue weighted by Crippen LogP contribution is -2.41. The molecule has 1 heterocycles. The van der Waals surface area contributed by atoms with Crippen LogP contribution in [0.15, 0.2) is 24.3 Å². The highest BCUT2D eigenvalue weighted by atomic mass is 35.5. The molecule has 1 fully saturated rings. The SMILES string of the molecule is CC1C(N)CCN1C(=O)Cc1ccccc1Cl. The molecule has 3 nitrogen and oxygen atoms in total. The van der Waals surface area contributed by atoms with E-state index in [0.29, 0.717) is 11.4 Å². The van der Waals surface area contributed by atoms with E-state index in [9.17, 15) is 4.79 Å². The molecule has 2 rings (SSSR count). The number of benzene rings is 1. The van der Waals surface area contributed by atoms with Gasteiger partial charge in [-0.3, -0.25) is 4.79 Å². The molecule has 1 aliphatic heterocycles. The molecule has 2 unspecified atom stereocenters. The number of carbonyl (C=O) groups excluding carboxylic acids is 1. The summed E-state index contributed by atoms with van der Waals surface area (Å²) in [4.78, 5) is 14.0. The quantitative estimate of drug-likeness (QED) is 0.873.